The van der Waals surface area contributed by atoms with Crippen LogP contribution in [0.3, 0.4) is 0 Å². The molecule has 30 heavy (non-hydrogen) atoms. The minimum atomic E-state index is -0.342. The standard InChI is InChI=1S/C24H20FN3O2/c1-16-27-22(23(24(29)28-16)30-15-18-5-3-2-4-6-18)21-12-9-19(14-26-21)13-17-7-10-20(25)11-8-17/h2-12,14H,13,15H2,1H3,(H,27,28,29). The van der Waals surface area contributed by atoms with E-state index in [-0.39, 0.29) is 23.7 Å². The molecule has 5 nitrogen and oxygen atoms in total. The smallest absolute Gasteiger partial charge is 0.294 e. The molecule has 0 spiro atoms. The van der Waals surface area contributed by atoms with Crippen molar-refractivity contribution in [3.63, 3.8) is 0 Å². The Morgan fingerprint density at radius 3 is 2.37 bits per heavy atom. The fraction of sp³-hybridized carbons (Fsp3) is 0.125. The fourth-order valence-electron chi connectivity index (χ4n) is 3.12. The molecule has 2 aromatic heterocycles. The Labute approximate surface area is 173 Å². The van der Waals surface area contributed by atoms with E-state index in [2.05, 4.69) is 15.0 Å². The predicted molar refractivity (Wildman–Crippen MR) is 113 cm³/mol. The summed E-state index contributed by atoms with van der Waals surface area (Å²) in [7, 11) is 0. The van der Waals surface area contributed by atoms with Gasteiger partial charge in [0.05, 0.1) is 5.69 Å². The first-order valence-corrected chi connectivity index (χ1v) is 9.56. The summed E-state index contributed by atoms with van der Waals surface area (Å²) in [6, 6.07) is 19.7. The van der Waals surface area contributed by atoms with Crippen LogP contribution in [0.25, 0.3) is 11.4 Å². The van der Waals surface area contributed by atoms with Gasteiger partial charge in [0.25, 0.3) is 5.56 Å². The van der Waals surface area contributed by atoms with Crippen molar-refractivity contribution in [2.75, 3.05) is 0 Å². The molecule has 150 valence electrons. The summed E-state index contributed by atoms with van der Waals surface area (Å²) in [6.07, 6.45) is 2.37. The van der Waals surface area contributed by atoms with E-state index < -0.39 is 0 Å². The number of H-pyrrole nitrogens is 1. The Morgan fingerprint density at radius 2 is 1.67 bits per heavy atom. The lowest BCUT2D eigenvalue weighted by molar-refractivity contribution is 0.301. The monoisotopic (exact) mass is 401 g/mol. The molecular weight excluding hydrogens is 381 g/mol. The van der Waals surface area contributed by atoms with Gasteiger partial charge < -0.3 is 9.72 Å². The highest BCUT2D eigenvalue weighted by molar-refractivity contribution is 5.62. The highest BCUT2D eigenvalue weighted by atomic mass is 19.1. The molecule has 0 bridgehead atoms. The van der Waals surface area contributed by atoms with Crippen LogP contribution in [-0.2, 0) is 13.0 Å². The highest BCUT2D eigenvalue weighted by Crippen LogP contribution is 2.24. The minimum Gasteiger partial charge on any atom is -0.481 e. The largest absolute Gasteiger partial charge is 0.481 e. The molecule has 0 aliphatic carbocycles. The van der Waals surface area contributed by atoms with Crippen molar-refractivity contribution in [1.29, 1.82) is 0 Å². The van der Waals surface area contributed by atoms with E-state index in [1.165, 1.54) is 12.1 Å². The maximum atomic E-state index is 13.1. The summed E-state index contributed by atoms with van der Waals surface area (Å²) < 4.78 is 18.9. The van der Waals surface area contributed by atoms with Crippen molar-refractivity contribution in [3.8, 4) is 17.1 Å². The van der Waals surface area contributed by atoms with Crippen LogP contribution in [0, 0.1) is 12.7 Å². The molecule has 4 rings (SSSR count). The number of benzene rings is 2. The van der Waals surface area contributed by atoms with E-state index in [1.54, 1.807) is 25.3 Å². The van der Waals surface area contributed by atoms with E-state index >= 15 is 0 Å². The molecule has 2 heterocycles. The van der Waals surface area contributed by atoms with Gasteiger partial charge in [-0.3, -0.25) is 9.78 Å². The van der Waals surface area contributed by atoms with Crippen molar-refractivity contribution in [3.05, 3.63) is 112 Å². The Balaban J connectivity index is 1.59. The zero-order chi connectivity index (χ0) is 20.9. The number of pyridine rings is 1. The lowest BCUT2D eigenvalue weighted by atomic mass is 10.1. The van der Waals surface area contributed by atoms with Gasteiger partial charge in [-0.15, -0.1) is 0 Å². The molecule has 0 atom stereocenters. The van der Waals surface area contributed by atoms with Crippen molar-refractivity contribution in [1.82, 2.24) is 15.0 Å². The van der Waals surface area contributed by atoms with E-state index in [0.29, 0.717) is 23.6 Å². The summed E-state index contributed by atoms with van der Waals surface area (Å²) >= 11 is 0. The van der Waals surface area contributed by atoms with Gasteiger partial charge in [0.2, 0.25) is 5.75 Å². The molecule has 0 aliphatic rings. The SMILES string of the molecule is Cc1nc(-c2ccc(Cc3ccc(F)cc3)cn2)c(OCc2ccccc2)c(=O)[nH]1. The predicted octanol–water partition coefficient (Wildman–Crippen LogP) is 4.45. The molecule has 0 radical (unpaired) electrons. The third-order valence-corrected chi connectivity index (χ3v) is 4.61. The van der Waals surface area contributed by atoms with E-state index in [4.69, 9.17) is 4.74 Å². The summed E-state index contributed by atoms with van der Waals surface area (Å²) in [5.74, 6) is 0.369. The summed E-state index contributed by atoms with van der Waals surface area (Å²) in [5, 5.41) is 0. The van der Waals surface area contributed by atoms with Crippen molar-refractivity contribution in [2.45, 2.75) is 20.0 Å². The van der Waals surface area contributed by atoms with Gasteiger partial charge in [-0.25, -0.2) is 9.37 Å². The van der Waals surface area contributed by atoms with Crippen molar-refractivity contribution < 1.29 is 9.13 Å². The average Bonchev–Trinajstić information content (AvgIpc) is 2.75. The van der Waals surface area contributed by atoms with Crippen LogP contribution < -0.4 is 10.3 Å². The summed E-state index contributed by atoms with van der Waals surface area (Å²) in [4.78, 5) is 24.1. The van der Waals surface area contributed by atoms with Gasteiger partial charge >= 0.3 is 0 Å². The Morgan fingerprint density at radius 1 is 0.933 bits per heavy atom. The Bertz CT molecular complexity index is 1190. The molecule has 0 amide bonds. The van der Waals surface area contributed by atoms with Gasteiger partial charge in [0.1, 0.15) is 23.9 Å². The first kappa shape index (κ1) is 19.5. The number of nitrogens with zero attached hydrogens (tertiary/aromatic N) is 2. The number of ether oxygens (including phenoxy) is 1. The van der Waals surface area contributed by atoms with Crippen LogP contribution in [0.2, 0.25) is 0 Å². The van der Waals surface area contributed by atoms with Crippen LogP contribution in [-0.4, -0.2) is 15.0 Å². The molecule has 0 saturated heterocycles. The molecular formula is C24H20FN3O2. The van der Waals surface area contributed by atoms with Crippen LogP contribution >= 0.6 is 0 Å². The molecule has 1 N–H and O–H groups in total. The maximum absolute atomic E-state index is 13.1. The number of halogens is 1. The zero-order valence-corrected chi connectivity index (χ0v) is 16.4. The second-order valence-electron chi connectivity index (χ2n) is 6.96. The quantitative estimate of drug-likeness (QED) is 0.518. The number of aromatic nitrogens is 3. The van der Waals surface area contributed by atoms with Crippen molar-refractivity contribution in [2.24, 2.45) is 0 Å². The molecule has 0 saturated carbocycles. The third kappa shape index (κ3) is 4.60. The topological polar surface area (TPSA) is 67.9 Å². The lowest BCUT2D eigenvalue weighted by Crippen LogP contribution is -2.16. The number of aryl methyl sites for hydroxylation is 1. The van der Waals surface area contributed by atoms with Gasteiger partial charge in [0.15, 0.2) is 0 Å². The van der Waals surface area contributed by atoms with Crippen LogP contribution in [0.5, 0.6) is 5.75 Å². The first-order chi connectivity index (χ1) is 14.6. The number of rotatable bonds is 6. The van der Waals surface area contributed by atoms with Gasteiger partial charge in [-0.1, -0.05) is 48.5 Å². The maximum Gasteiger partial charge on any atom is 0.294 e. The molecule has 4 aromatic rings. The Hall–Kier alpha value is -3.80. The lowest BCUT2D eigenvalue weighted by Gasteiger charge is -2.11. The van der Waals surface area contributed by atoms with E-state index in [9.17, 15) is 9.18 Å². The Kier molecular flexibility index (Phi) is 5.66. The second kappa shape index (κ2) is 8.69. The second-order valence-corrected chi connectivity index (χ2v) is 6.96. The number of nitrogens with one attached hydrogen (secondary N) is 1. The fourth-order valence-corrected chi connectivity index (χ4v) is 3.12. The van der Waals surface area contributed by atoms with Gasteiger partial charge in [0, 0.05) is 6.20 Å². The average molecular weight is 401 g/mol. The van der Waals surface area contributed by atoms with E-state index in [0.717, 1.165) is 16.7 Å². The van der Waals surface area contributed by atoms with Gasteiger partial charge in [-0.05, 0) is 48.2 Å². The summed E-state index contributed by atoms with van der Waals surface area (Å²) in [6.45, 7) is 1.97. The molecule has 0 unspecified atom stereocenters. The molecule has 6 heteroatoms. The van der Waals surface area contributed by atoms with Crippen LogP contribution in [0.15, 0.2) is 77.7 Å². The summed E-state index contributed by atoms with van der Waals surface area (Å²) in [5.41, 5.74) is 3.52. The molecule has 0 fully saturated rings. The normalized spacial score (nSPS) is 10.7. The number of hydrogen-bond acceptors (Lipinski definition) is 4. The number of hydrogen-bond donors (Lipinski definition) is 1. The highest BCUT2D eigenvalue weighted by Gasteiger charge is 2.15. The molecule has 0 aliphatic heterocycles. The van der Waals surface area contributed by atoms with Gasteiger partial charge in [-0.2, -0.15) is 0 Å². The van der Waals surface area contributed by atoms with Crippen LogP contribution in [0.4, 0.5) is 4.39 Å². The van der Waals surface area contributed by atoms with Crippen LogP contribution in [0.1, 0.15) is 22.5 Å². The van der Waals surface area contributed by atoms with Crippen molar-refractivity contribution >= 4 is 0 Å². The minimum absolute atomic E-state index is 0.142. The molecule has 2 aromatic carbocycles. The van der Waals surface area contributed by atoms with E-state index in [1.807, 2.05) is 42.5 Å². The number of aromatic amines is 1. The zero-order valence-electron chi connectivity index (χ0n) is 16.4. The first-order valence-electron chi connectivity index (χ1n) is 9.56. The third-order valence-electron chi connectivity index (χ3n) is 4.61.